The molecule has 32 heavy (non-hydrogen) atoms. The number of nitrogens with two attached hydrogens (primary N) is 1. The number of halogens is 1. The molecule has 4 rings (SSSR count). The lowest BCUT2D eigenvalue weighted by molar-refractivity contribution is 0.0696. The third kappa shape index (κ3) is 3.34. The lowest BCUT2D eigenvalue weighted by atomic mass is 9.89. The van der Waals surface area contributed by atoms with Crippen LogP contribution in [0.4, 0.5) is 11.4 Å². The van der Waals surface area contributed by atoms with E-state index >= 15 is 0 Å². The zero-order chi connectivity index (χ0) is 23.0. The van der Waals surface area contributed by atoms with Crippen molar-refractivity contribution in [3.63, 3.8) is 0 Å². The standard InChI is InChI=1S/C23H20ClN3O5/c1-31-18-4-3-5-19(32-2)20(18)23(14-8-6-12(21(25)28)10-15(14)24)26-16-9-7-13(22(29)30)11-17(16)27-23/h3-11,26-27H,1-2H3,(H2,25,28)(H,29,30). The Morgan fingerprint density at radius 1 is 0.938 bits per heavy atom. The zero-order valence-electron chi connectivity index (χ0n) is 17.2. The first-order valence-electron chi connectivity index (χ1n) is 9.55. The summed E-state index contributed by atoms with van der Waals surface area (Å²) in [6, 6.07) is 14.8. The van der Waals surface area contributed by atoms with Crippen molar-refractivity contribution in [2.45, 2.75) is 5.66 Å². The maximum Gasteiger partial charge on any atom is 0.335 e. The van der Waals surface area contributed by atoms with Crippen LogP contribution in [0.3, 0.4) is 0 Å². The average Bonchev–Trinajstić information content (AvgIpc) is 3.17. The van der Waals surface area contributed by atoms with Crippen LogP contribution < -0.4 is 25.8 Å². The van der Waals surface area contributed by atoms with Gasteiger partial charge >= 0.3 is 5.97 Å². The number of rotatable bonds is 6. The molecule has 1 unspecified atom stereocenters. The number of nitrogens with one attached hydrogen (secondary N) is 2. The molecule has 1 aliphatic rings. The second kappa shape index (κ2) is 7.97. The van der Waals surface area contributed by atoms with E-state index in [9.17, 15) is 14.7 Å². The van der Waals surface area contributed by atoms with E-state index in [0.29, 0.717) is 34.0 Å². The molecular formula is C23H20ClN3O5. The Balaban J connectivity index is 2.00. The number of aromatic carboxylic acids is 1. The van der Waals surface area contributed by atoms with Gasteiger partial charge in [0.2, 0.25) is 5.91 Å². The fraction of sp³-hybridized carbons (Fsp3) is 0.130. The zero-order valence-corrected chi connectivity index (χ0v) is 18.0. The number of carbonyl (C=O) groups is 2. The molecule has 1 atom stereocenters. The predicted molar refractivity (Wildman–Crippen MR) is 121 cm³/mol. The largest absolute Gasteiger partial charge is 0.496 e. The number of primary amides is 1. The second-order valence-electron chi connectivity index (χ2n) is 7.16. The highest BCUT2D eigenvalue weighted by molar-refractivity contribution is 6.32. The SMILES string of the molecule is COc1cccc(OC)c1C1(c2ccc(C(N)=O)cc2Cl)Nc2ccc(C(=O)O)cc2N1. The van der Waals surface area contributed by atoms with Gasteiger partial charge in [-0.25, -0.2) is 4.79 Å². The Morgan fingerprint density at radius 3 is 2.12 bits per heavy atom. The summed E-state index contributed by atoms with van der Waals surface area (Å²) in [5, 5.41) is 16.5. The molecule has 0 spiro atoms. The summed E-state index contributed by atoms with van der Waals surface area (Å²) < 4.78 is 11.3. The summed E-state index contributed by atoms with van der Waals surface area (Å²) in [5.41, 5.74) is 6.93. The van der Waals surface area contributed by atoms with E-state index in [2.05, 4.69) is 10.6 Å². The van der Waals surface area contributed by atoms with Crippen molar-refractivity contribution in [2.24, 2.45) is 5.73 Å². The van der Waals surface area contributed by atoms with Gasteiger partial charge in [-0.3, -0.25) is 4.79 Å². The van der Waals surface area contributed by atoms with Crippen LogP contribution in [0, 0.1) is 0 Å². The molecule has 1 amide bonds. The lowest BCUT2D eigenvalue weighted by Crippen LogP contribution is -2.41. The fourth-order valence-electron chi connectivity index (χ4n) is 3.91. The fourth-order valence-corrected chi connectivity index (χ4v) is 4.23. The van der Waals surface area contributed by atoms with Crippen molar-refractivity contribution < 1.29 is 24.2 Å². The molecule has 0 aromatic heterocycles. The van der Waals surface area contributed by atoms with Crippen LogP contribution in [0.2, 0.25) is 5.02 Å². The van der Waals surface area contributed by atoms with Crippen molar-refractivity contribution >= 4 is 34.9 Å². The number of carboxylic acids is 1. The van der Waals surface area contributed by atoms with Gasteiger partial charge in [-0.15, -0.1) is 0 Å². The van der Waals surface area contributed by atoms with Crippen LogP contribution in [-0.4, -0.2) is 31.2 Å². The minimum absolute atomic E-state index is 0.121. The van der Waals surface area contributed by atoms with Gasteiger partial charge in [0.05, 0.1) is 36.7 Å². The highest BCUT2D eigenvalue weighted by atomic mass is 35.5. The molecule has 0 saturated carbocycles. The van der Waals surface area contributed by atoms with Crippen LogP contribution in [0.1, 0.15) is 31.8 Å². The minimum Gasteiger partial charge on any atom is -0.496 e. The Morgan fingerprint density at radius 2 is 1.56 bits per heavy atom. The van der Waals surface area contributed by atoms with E-state index in [1.807, 2.05) is 0 Å². The van der Waals surface area contributed by atoms with Crippen molar-refractivity contribution in [1.29, 1.82) is 0 Å². The molecule has 0 aliphatic carbocycles. The molecule has 1 aliphatic heterocycles. The molecule has 3 aromatic carbocycles. The van der Waals surface area contributed by atoms with Crippen LogP contribution in [0.25, 0.3) is 0 Å². The number of carboxylic acid groups (broad SMARTS) is 1. The highest BCUT2D eigenvalue weighted by Crippen LogP contribution is 2.51. The van der Waals surface area contributed by atoms with Crippen LogP contribution >= 0.6 is 11.6 Å². The van der Waals surface area contributed by atoms with E-state index in [0.717, 1.165) is 0 Å². The Labute approximate surface area is 188 Å². The minimum atomic E-state index is -1.20. The molecule has 0 bridgehead atoms. The van der Waals surface area contributed by atoms with Crippen LogP contribution in [0.5, 0.6) is 11.5 Å². The van der Waals surface area contributed by atoms with E-state index < -0.39 is 17.5 Å². The topological polar surface area (TPSA) is 123 Å². The molecule has 0 saturated heterocycles. The third-order valence-corrected chi connectivity index (χ3v) is 5.68. The number of benzene rings is 3. The van der Waals surface area contributed by atoms with Gasteiger partial charge < -0.3 is 30.9 Å². The number of ether oxygens (including phenoxy) is 2. The summed E-state index contributed by atoms with van der Waals surface area (Å²) >= 11 is 6.65. The highest BCUT2D eigenvalue weighted by Gasteiger charge is 2.45. The van der Waals surface area contributed by atoms with Gasteiger partial charge in [-0.05, 0) is 42.5 Å². The van der Waals surface area contributed by atoms with Crippen molar-refractivity contribution in [2.75, 3.05) is 24.9 Å². The number of anilines is 2. The van der Waals surface area contributed by atoms with Crippen molar-refractivity contribution in [3.05, 3.63) is 81.9 Å². The molecule has 0 radical (unpaired) electrons. The maximum atomic E-state index is 11.7. The van der Waals surface area contributed by atoms with E-state index in [-0.39, 0.29) is 16.1 Å². The normalized spacial score (nSPS) is 16.5. The van der Waals surface area contributed by atoms with Gasteiger partial charge in [0, 0.05) is 16.1 Å². The number of carbonyl (C=O) groups excluding carboxylic acids is 1. The molecule has 0 fully saturated rings. The van der Waals surface area contributed by atoms with Gasteiger partial charge in [0.1, 0.15) is 11.5 Å². The molecule has 1 heterocycles. The monoisotopic (exact) mass is 453 g/mol. The quantitative estimate of drug-likeness (QED) is 0.446. The lowest BCUT2D eigenvalue weighted by Gasteiger charge is -2.35. The van der Waals surface area contributed by atoms with Gasteiger partial charge in [-0.1, -0.05) is 23.7 Å². The first-order valence-corrected chi connectivity index (χ1v) is 9.93. The predicted octanol–water partition coefficient (Wildman–Crippen LogP) is 3.89. The number of hydrogen-bond donors (Lipinski definition) is 4. The van der Waals surface area contributed by atoms with Gasteiger partial charge in [0.25, 0.3) is 0 Å². The summed E-state index contributed by atoms with van der Waals surface area (Å²) in [6.07, 6.45) is 0. The van der Waals surface area contributed by atoms with Gasteiger partial charge in [-0.2, -0.15) is 0 Å². The number of methoxy groups -OCH3 is 2. The molecule has 5 N–H and O–H groups in total. The molecule has 9 heteroatoms. The third-order valence-electron chi connectivity index (χ3n) is 5.37. The van der Waals surface area contributed by atoms with Crippen molar-refractivity contribution in [1.82, 2.24) is 0 Å². The van der Waals surface area contributed by atoms with E-state index in [1.165, 1.54) is 32.4 Å². The van der Waals surface area contributed by atoms with E-state index in [4.69, 9.17) is 26.8 Å². The van der Waals surface area contributed by atoms with Gasteiger partial charge in [0.15, 0.2) is 5.66 Å². The van der Waals surface area contributed by atoms with Crippen LogP contribution in [-0.2, 0) is 5.66 Å². The Kier molecular flexibility index (Phi) is 5.31. The molecule has 164 valence electrons. The summed E-state index contributed by atoms with van der Waals surface area (Å²) in [5.74, 6) is -0.647. The molecule has 3 aromatic rings. The van der Waals surface area contributed by atoms with Crippen LogP contribution in [0.15, 0.2) is 54.6 Å². The number of amides is 1. The summed E-state index contributed by atoms with van der Waals surface area (Å²) in [4.78, 5) is 23.2. The Hall–Kier alpha value is -3.91. The van der Waals surface area contributed by atoms with E-state index in [1.54, 1.807) is 36.4 Å². The average molecular weight is 454 g/mol. The van der Waals surface area contributed by atoms with Crippen molar-refractivity contribution in [3.8, 4) is 11.5 Å². The first kappa shape index (κ1) is 21.3. The molecular weight excluding hydrogens is 434 g/mol. The Bertz CT molecular complexity index is 1220. The first-order chi connectivity index (χ1) is 15.3. The number of hydrogen-bond acceptors (Lipinski definition) is 6. The number of fused-ring (bicyclic) bond motifs is 1. The summed E-state index contributed by atoms with van der Waals surface area (Å²) in [6.45, 7) is 0. The summed E-state index contributed by atoms with van der Waals surface area (Å²) in [7, 11) is 3.07. The maximum absolute atomic E-state index is 11.7. The molecule has 8 nitrogen and oxygen atoms in total. The second-order valence-corrected chi connectivity index (χ2v) is 7.57. The smallest absolute Gasteiger partial charge is 0.335 e.